The molecule has 0 atom stereocenters. The molecule has 164 valence electrons. The Bertz CT molecular complexity index is 1340. The molecule has 1 aromatic heterocycles. The first kappa shape index (κ1) is 21.6. The van der Waals surface area contributed by atoms with Crippen molar-refractivity contribution in [2.45, 2.75) is 13.5 Å². The lowest BCUT2D eigenvalue weighted by atomic mass is 10.0. The number of hydrogen-bond donors (Lipinski definition) is 1. The molecule has 0 saturated heterocycles. The zero-order chi connectivity index (χ0) is 22.8. The monoisotopic (exact) mass is 452 g/mol. The Kier molecular flexibility index (Phi) is 5.97. The third kappa shape index (κ3) is 4.09. The minimum absolute atomic E-state index is 0.0826. The van der Waals surface area contributed by atoms with Gasteiger partial charge in [-0.25, -0.2) is 0 Å². The molecular formula is C25H21ClO6. The molecule has 0 fully saturated rings. The van der Waals surface area contributed by atoms with Crippen LogP contribution in [-0.2, 0) is 6.61 Å². The van der Waals surface area contributed by atoms with Crippen LogP contribution in [0.2, 0.25) is 5.02 Å². The topological polar surface area (TPSA) is 78.1 Å². The predicted octanol–water partition coefficient (Wildman–Crippen LogP) is 5.72. The summed E-state index contributed by atoms with van der Waals surface area (Å²) in [6.45, 7) is 1.97. The Morgan fingerprint density at radius 3 is 2.38 bits per heavy atom. The van der Waals surface area contributed by atoms with E-state index in [2.05, 4.69) is 0 Å². The fourth-order valence-electron chi connectivity index (χ4n) is 3.54. The Labute approximate surface area is 189 Å². The first-order chi connectivity index (χ1) is 15.4. The Morgan fingerprint density at radius 1 is 0.969 bits per heavy atom. The number of rotatable bonds is 6. The number of ether oxygens (including phenoxy) is 3. The van der Waals surface area contributed by atoms with Crippen LogP contribution in [0, 0.1) is 6.92 Å². The Hall–Kier alpha value is -3.64. The fraction of sp³-hybridized carbons (Fsp3) is 0.160. The zero-order valence-corrected chi connectivity index (χ0v) is 18.5. The Balaban J connectivity index is 1.74. The summed E-state index contributed by atoms with van der Waals surface area (Å²) < 4.78 is 22.3. The number of halogens is 1. The number of aromatic hydroxyl groups is 1. The van der Waals surface area contributed by atoms with Crippen LogP contribution in [0.15, 0.2) is 63.8 Å². The summed E-state index contributed by atoms with van der Waals surface area (Å²) in [4.78, 5) is 13.3. The lowest BCUT2D eigenvalue weighted by molar-refractivity contribution is 0.304. The van der Waals surface area contributed by atoms with Crippen LogP contribution >= 0.6 is 11.6 Å². The SMILES string of the molecule is COc1ccc(-c2c(C)oc3cc(OCc4ccc(Cl)cc4)cc(O)c3c2=O)cc1OC. The van der Waals surface area contributed by atoms with Gasteiger partial charge in [-0.05, 0) is 42.3 Å². The second kappa shape index (κ2) is 8.85. The summed E-state index contributed by atoms with van der Waals surface area (Å²) in [6.07, 6.45) is 0. The molecule has 7 heteroatoms. The summed E-state index contributed by atoms with van der Waals surface area (Å²) in [6, 6.07) is 15.4. The summed E-state index contributed by atoms with van der Waals surface area (Å²) in [5.74, 6) is 1.60. The number of phenolic OH excluding ortho intramolecular Hbond substituents is 1. The highest BCUT2D eigenvalue weighted by atomic mass is 35.5. The molecule has 6 nitrogen and oxygen atoms in total. The van der Waals surface area contributed by atoms with Crippen molar-refractivity contribution in [2.75, 3.05) is 14.2 Å². The first-order valence-electron chi connectivity index (χ1n) is 9.81. The molecular weight excluding hydrogens is 432 g/mol. The average Bonchev–Trinajstić information content (AvgIpc) is 2.78. The summed E-state index contributed by atoms with van der Waals surface area (Å²) >= 11 is 5.90. The molecule has 0 unspecified atom stereocenters. The molecule has 1 heterocycles. The second-order valence-electron chi connectivity index (χ2n) is 7.16. The zero-order valence-electron chi connectivity index (χ0n) is 17.8. The summed E-state index contributed by atoms with van der Waals surface area (Å²) in [7, 11) is 3.06. The van der Waals surface area contributed by atoms with Crippen LogP contribution in [-0.4, -0.2) is 19.3 Å². The van der Waals surface area contributed by atoms with Crippen molar-refractivity contribution in [3.8, 4) is 34.1 Å². The van der Waals surface area contributed by atoms with Crippen LogP contribution < -0.4 is 19.6 Å². The minimum Gasteiger partial charge on any atom is -0.507 e. The first-order valence-corrected chi connectivity index (χ1v) is 10.2. The van der Waals surface area contributed by atoms with Crippen LogP contribution in [0.5, 0.6) is 23.0 Å². The summed E-state index contributed by atoms with van der Waals surface area (Å²) in [5.41, 5.74) is 1.73. The molecule has 4 rings (SSSR count). The number of fused-ring (bicyclic) bond motifs is 1. The number of aryl methyl sites for hydroxylation is 1. The van der Waals surface area contributed by atoms with Gasteiger partial charge >= 0.3 is 0 Å². The number of phenols is 1. The van der Waals surface area contributed by atoms with E-state index in [1.54, 1.807) is 43.3 Å². The maximum absolute atomic E-state index is 13.3. The predicted molar refractivity (Wildman–Crippen MR) is 123 cm³/mol. The van der Waals surface area contributed by atoms with Crippen molar-refractivity contribution >= 4 is 22.6 Å². The van der Waals surface area contributed by atoms with Gasteiger partial charge in [0.1, 0.15) is 34.8 Å². The molecule has 0 radical (unpaired) electrons. The molecule has 1 N–H and O–H groups in total. The maximum Gasteiger partial charge on any atom is 0.204 e. The highest BCUT2D eigenvalue weighted by molar-refractivity contribution is 6.30. The van der Waals surface area contributed by atoms with Crippen molar-refractivity contribution < 1.29 is 23.7 Å². The van der Waals surface area contributed by atoms with E-state index in [0.717, 1.165) is 5.56 Å². The third-order valence-electron chi connectivity index (χ3n) is 5.12. The van der Waals surface area contributed by atoms with Crippen LogP contribution in [0.3, 0.4) is 0 Å². The van der Waals surface area contributed by atoms with Gasteiger partial charge < -0.3 is 23.7 Å². The van der Waals surface area contributed by atoms with Gasteiger partial charge in [-0.15, -0.1) is 0 Å². The van der Waals surface area contributed by atoms with E-state index < -0.39 is 0 Å². The van der Waals surface area contributed by atoms with Gasteiger partial charge in [0.2, 0.25) is 5.43 Å². The minimum atomic E-state index is -0.349. The van der Waals surface area contributed by atoms with E-state index in [-0.39, 0.29) is 28.8 Å². The molecule has 0 aliphatic heterocycles. The molecule has 0 amide bonds. The highest BCUT2D eigenvalue weighted by Gasteiger charge is 2.19. The quantitative estimate of drug-likeness (QED) is 0.403. The van der Waals surface area contributed by atoms with E-state index in [1.165, 1.54) is 20.3 Å². The van der Waals surface area contributed by atoms with Crippen LogP contribution in [0.25, 0.3) is 22.1 Å². The molecule has 3 aromatic carbocycles. The normalized spacial score (nSPS) is 10.9. The van der Waals surface area contributed by atoms with E-state index in [0.29, 0.717) is 39.2 Å². The molecule has 0 aliphatic carbocycles. The van der Waals surface area contributed by atoms with Gasteiger partial charge in [0.25, 0.3) is 0 Å². The van der Waals surface area contributed by atoms with E-state index >= 15 is 0 Å². The lowest BCUT2D eigenvalue weighted by Crippen LogP contribution is -2.08. The molecule has 32 heavy (non-hydrogen) atoms. The van der Waals surface area contributed by atoms with Gasteiger partial charge in [0.15, 0.2) is 11.5 Å². The molecule has 4 aromatic rings. The second-order valence-corrected chi connectivity index (χ2v) is 7.60. The van der Waals surface area contributed by atoms with Gasteiger partial charge in [0, 0.05) is 17.2 Å². The summed E-state index contributed by atoms with van der Waals surface area (Å²) in [5, 5.41) is 11.3. The van der Waals surface area contributed by atoms with Crippen molar-refractivity contribution in [3.05, 3.63) is 81.2 Å². The highest BCUT2D eigenvalue weighted by Crippen LogP contribution is 2.35. The number of benzene rings is 3. The molecule has 0 spiro atoms. The van der Waals surface area contributed by atoms with E-state index in [1.807, 2.05) is 12.1 Å². The maximum atomic E-state index is 13.3. The van der Waals surface area contributed by atoms with Gasteiger partial charge in [-0.3, -0.25) is 4.79 Å². The van der Waals surface area contributed by atoms with Crippen molar-refractivity contribution in [3.63, 3.8) is 0 Å². The van der Waals surface area contributed by atoms with Crippen molar-refractivity contribution in [1.82, 2.24) is 0 Å². The van der Waals surface area contributed by atoms with Gasteiger partial charge in [-0.1, -0.05) is 29.8 Å². The standard InChI is InChI=1S/C25H21ClO6/c1-14-23(16-6-9-20(29-2)21(10-16)30-3)25(28)24-19(27)11-18(12-22(24)32-14)31-13-15-4-7-17(26)8-5-15/h4-12,27H,13H2,1-3H3. The molecule has 0 saturated carbocycles. The third-order valence-corrected chi connectivity index (χ3v) is 5.37. The van der Waals surface area contributed by atoms with E-state index in [4.69, 9.17) is 30.2 Å². The number of hydrogen-bond acceptors (Lipinski definition) is 6. The Morgan fingerprint density at radius 2 is 1.69 bits per heavy atom. The molecule has 0 aliphatic rings. The van der Waals surface area contributed by atoms with Crippen molar-refractivity contribution in [1.29, 1.82) is 0 Å². The lowest BCUT2D eigenvalue weighted by Gasteiger charge is -2.13. The van der Waals surface area contributed by atoms with E-state index in [9.17, 15) is 9.90 Å². The molecule has 0 bridgehead atoms. The largest absolute Gasteiger partial charge is 0.507 e. The van der Waals surface area contributed by atoms with Crippen LogP contribution in [0.4, 0.5) is 0 Å². The van der Waals surface area contributed by atoms with Crippen molar-refractivity contribution in [2.24, 2.45) is 0 Å². The number of methoxy groups -OCH3 is 2. The van der Waals surface area contributed by atoms with Crippen LogP contribution in [0.1, 0.15) is 11.3 Å². The van der Waals surface area contributed by atoms with Gasteiger partial charge in [-0.2, -0.15) is 0 Å². The average molecular weight is 453 g/mol. The fourth-order valence-corrected chi connectivity index (χ4v) is 3.67. The smallest absolute Gasteiger partial charge is 0.204 e. The van der Waals surface area contributed by atoms with Gasteiger partial charge in [0.05, 0.1) is 19.8 Å².